The molecule has 3 rings (SSSR count). The molecule has 0 bridgehead atoms. The Labute approximate surface area is 177 Å². The van der Waals surface area contributed by atoms with Crippen LogP contribution < -0.4 is 0 Å². The number of aromatic nitrogens is 1. The molecule has 0 spiro atoms. The number of hydrogen-bond acceptors (Lipinski definition) is 6. The molecule has 2 aliphatic rings. The van der Waals surface area contributed by atoms with Gasteiger partial charge >= 0.3 is 11.9 Å². The Hall–Kier alpha value is -2.73. The monoisotopic (exact) mass is 411 g/mol. The first kappa shape index (κ1) is 22.0. The van der Waals surface area contributed by atoms with Crippen molar-refractivity contribution in [2.75, 3.05) is 0 Å². The molecule has 1 fully saturated rings. The Morgan fingerprint density at radius 3 is 3.00 bits per heavy atom. The van der Waals surface area contributed by atoms with E-state index in [0.717, 1.165) is 24.8 Å². The number of carbonyl (C=O) groups is 2. The van der Waals surface area contributed by atoms with Crippen LogP contribution in [0.5, 0.6) is 0 Å². The number of esters is 2. The van der Waals surface area contributed by atoms with Gasteiger partial charge in [-0.15, -0.1) is 0 Å². The van der Waals surface area contributed by atoms with E-state index in [2.05, 4.69) is 17.1 Å². The highest BCUT2D eigenvalue weighted by Crippen LogP contribution is 2.38. The van der Waals surface area contributed by atoms with Crippen LogP contribution in [-0.2, 0) is 19.1 Å². The maximum atomic E-state index is 12.2. The van der Waals surface area contributed by atoms with E-state index >= 15 is 0 Å². The van der Waals surface area contributed by atoms with Gasteiger partial charge in [0.1, 0.15) is 6.10 Å². The van der Waals surface area contributed by atoms with Crippen LogP contribution in [0.3, 0.4) is 0 Å². The fourth-order valence-electron chi connectivity index (χ4n) is 4.02. The summed E-state index contributed by atoms with van der Waals surface area (Å²) in [4.78, 5) is 28.1. The van der Waals surface area contributed by atoms with Crippen molar-refractivity contribution in [2.24, 2.45) is 11.8 Å². The third kappa shape index (κ3) is 6.66. The molecule has 1 N–H and O–H groups in total. The molecule has 0 saturated heterocycles. The zero-order chi connectivity index (χ0) is 21.3. The van der Waals surface area contributed by atoms with Gasteiger partial charge < -0.3 is 14.6 Å². The van der Waals surface area contributed by atoms with Crippen molar-refractivity contribution in [2.45, 2.75) is 57.3 Å². The summed E-state index contributed by atoms with van der Waals surface area (Å²) >= 11 is 0. The quantitative estimate of drug-likeness (QED) is 0.464. The lowest BCUT2D eigenvalue weighted by molar-refractivity contribution is -0.143. The van der Waals surface area contributed by atoms with Crippen molar-refractivity contribution >= 4 is 18.0 Å². The van der Waals surface area contributed by atoms with E-state index in [1.807, 2.05) is 13.0 Å². The zero-order valence-corrected chi connectivity index (χ0v) is 17.2. The maximum Gasteiger partial charge on any atom is 0.331 e. The van der Waals surface area contributed by atoms with Gasteiger partial charge in [0.15, 0.2) is 0 Å². The van der Waals surface area contributed by atoms with Crippen molar-refractivity contribution in [3.05, 3.63) is 60.5 Å². The van der Waals surface area contributed by atoms with Crippen LogP contribution in [0, 0.1) is 11.8 Å². The summed E-state index contributed by atoms with van der Waals surface area (Å²) in [5, 5.41) is 10.6. The standard InChI is InChI=1S/C24H29NO5/c1-17-6-3-2-4-8-19-14-20(15-21(19)22(26)10-12-23(27)29-17)30-24(28)11-9-18-7-5-13-25-16-18/h4-5,7-13,16-17,19-22,26H,2-3,6,14-15H2,1H3/b8-4+,11-9+,12-10+/t17-,19+,20-,21+,22+/m0/s1. The molecule has 30 heavy (non-hydrogen) atoms. The lowest BCUT2D eigenvalue weighted by Crippen LogP contribution is -2.22. The third-order valence-electron chi connectivity index (χ3n) is 5.55. The zero-order valence-electron chi connectivity index (χ0n) is 17.2. The van der Waals surface area contributed by atoms with Gasteiger partial charge in [-0.25, -0.2) is 9.59 Å². The largest absolute Gasteiger partial charge is 0.460 e. The van der Waals surface area contributed by atoms with Crippen LogP contribution in [0.4, 0.5) is 0 Å². The first-order valence-corrected chi connectivity index (χ1v) is 10.5. The second kappa shape index (κ2) is 10.9. The van der Waals surface area contributed by atoms with E-state index < -0.39 is 18.0 Å². The minimum atomic E-state index is -0.808. The molecule has 0 amide bonds. The smallest absolute Gasteiger partial charge is 0.331 e. The first-order chi connectivity index (χ1) is 14.5. The van der Waals surface area contributed by atoms with Gasteiger partial charge in [0, 0.05) is 24.5 Å². The molecule has 5 atom stereocenters. The van der Waals surface area contributed by atoms with Crippen LogP contribution in [-0.4, -0.2) is 40.3 Å². The number of pyridine rings is 1. The topological polar surface area (TPSA) is 85.7 Å². The number of carbonyl (C=O) groups excluding carboxylic acids is 2. The fourth-order valence-corrected chi connectivity index (χ4v) is 4.02. The van der Waals surface area contributed by atoms with E-state index in [9.17, 15) is 14.7 Å². The molecule has 160 valence electrons. The number of rotatable bonds is 3. The minimum absolute atomic E-state index is 0.0824. The van der Waals surface area contributed by atoms with Crippen molar-refractivity contribution < 1.29 is 24.2 Å². The van der Waals surface area contributed by atoms with E-state index in [-0.39, 0.29) is 24.0 Å². The van der Waals surface area contributed by atoms with Crippen molar-refractivity contribution in [3.8, 4) is 0 Å². The predicted octanol–water partition coefficient (Wildman–Crippen LogP) is 3.62. The molecule has 1 aromatic heterocycles. The van der Waals surface area contributed by atoms with Crippen LogP contribution in [0.1, 0.15) is 44.6 Å². The Morgan fingerprint density at radius 2 is 2.20 bits per heavy atom. The van der Waals surface area contributed by atoms with Gasteiger partial charge in [0.25, 0.3) is 0 Å². The summed E-state index contributed by atoms with van der Waals surface area (Å²) < 4.78 is 10.9. The summed E-state index contributed by atoms with van der Waals surface area (Å²) in [7, 11) is 0. The number of aliphatic hydroxyl groups is 1. The Kier molecular flexibility index (Phi) is 7.97. The molecule has 1 aliphatic carbocycles. The molecule has 0 unspecified atom stereocenters. The molecular weight excluding hydrogens is 382 g/mol. The number of cyclic esters (lactones) is 1. The molecule has 6 heteroatoms. The van der Waals surface area contributed by atoms with Crippen LogP contribution in [0.15, 0.2) is 54.9 Å². The van der Waals surface area contributed by atoms with Gasteiger partial charge in [-0.2, -0.15) is 0 Å². The highest BCUT2D eigenvalue weighted by Gasteiger charge is 2.38. The van der Waals surface area contributed by atoms with Crippen molar-refractivity contribution in [1.82, 2.24) is 4.98 Å². The molecule has 0 radical (unpaired) electrons. The number of fused-ring (bicyclic) bond motifs is 1. The minimum Gasteiger partial charge on any atom is -0.460 e. The number of allylic oxidation sites excluding steroid dienone is 2. The van der Waals surface area contributed by atoms with E-state index in [1.165, 1.54) is 18.2 Å². The van der Waals surface area contributed by atoms with Crippen LogP contribution in [0.25, 0.3) is 6.08 Å². The average Bonchev–Trinajstić information content (AvgIpc) is 3.13. The van der Waals surface area contributed by atoms with E-state index in [4.69, 9.17) is 9.47 Å². The summed E-state index contributed by atoms with van der Waals surface area (Å²) in [6, 6.07) is 3.65. The third-order valence-corrected chi connectivity index (χ3v) is 5.55. The van der Waals surface area contributed by atoms with Gasteiger partial charge in [-0.05, 0) is 74.6 Å². The van der Waals surface area contributed by atoms with Gasteiger partial charge in [0.2, 0.25) is 0 Å². The Bertz CT molecular complexity index is 801. The summed E-state index contributed by atoms with van der Waals surface area (Å²) in [5.41, 5.74) is 0.822. The Balaban J connectivity index is 1.63. The van der Waals surface area contributed by atoms with Crippen LogP contribution >= 0.6 is 0 Å². The molecule has 1 saturated carbocycles. The molecule has 1 aromatic rings. The number of nitrogens with zero attached hydrogens (tertiary/aromatic N) is 1. The molecule has 0 aromatic carbocycles. The fraction of sp³-hybridized carbons (Fsp3) is 0.458. The highest BCUT2D eigenvalue weighted by molar-refractivity contribution is 5.87. The van der Waals surface area contributed by atoms with Crippen LogP contribution in [0.2, 0.25) is 0 Å². The van der Waals surface area contributed by atoms with Gasteiger partial charge in [-0.3, -0.25) is 4.98 Å². The lowest BCUT2D eigenvalue weighted by atomic mass is 9.90. The molecule has 1 aliphatic heterocycles. The van der Waals surface area contributed by atoms with Crippen molar-refractivity contribution in [1.29, 1.82) is 0 Å². The highest BCUT2D eigenvalue weighted by atomic mass is 16.5. The second-order valence-electron chi connectivity index (χ2n) is 7.93. The summed E-state index contributed by atoms with van der Waals surface area (Å²) in [6.07, 6.45) is 16.0. The average molecular weight is 411 g/mol. The summed E-state index contributed by atoms with van der Waals surface area (Å²) in [6.45, 7) is 1.88. The van der Waals surface area contributed by atoms with Gasteiger partial charge in [-0.1, -0.05) is 18.2 Å². The lowest BCUT2D eigenvalue weighted by Gasteiger charge is -2.19. The maximum absolute atomic E-state index is 12.2. The Morgan fingerprint density at radius 1 is 1.33 bits per heavy atom. The molecule has 2 heterocycles. The SMILES string of the molecule is C[C@H]1CCC/C=C/[C@@H]2C[C@H](OC(=O)/C=C/c3cccnc3)C[C@H]2[C@H](O)/C=C/C(=O)O1. The summed E-state index contributed by atoms with van der Waals surface area (Å²) in [5.74, 6) is -0.890. The molecule has 6 nitrogen and oxygen atoms in total. The number of aliphatic hydroxyl groups excluding tert-OH is 1. The number of hydrogen-bond donors (Lipinski definition) is 1. The van der Waals surface area contributed by atoms with E-state index in [1.54, 1.807) is 24.5 Å². The van der Waals surface area contributed by atoms with Gasteiger partial charge in [0.05, 0.1) is 12.2 Å². The predicted molar refractivity (Wildman–Crippen MR) is 113 cm³/mol. The number of ether oxygens (including phenoxy) is 2. The first-order valence-electron chi connectivity index (χ1n) is 10.5. The second-order valence-corrected chi connectivity index (χ2v) is 7.93. The molecular formula is C24H29NO5. The van der Waals surface area contributed by atoms with E-state index in [0.29, 0.717) is 12.8 Å². The normalized spacial score (nSPS) is 32.2. The van der Waals surface area contributed by atoms with Crippen molar-refractivity contribution in [3.63, 3.8) is 0 Å².